The fourth-order valence-corrected chi connectivity index (χ4v) is 2.01. The van der Waals surface area contributed by atoms with Crippen molar-refractivity contribution in [1.29, 1.82) is 0 Å². The smallest absolute Gasteiger partial charge is 0.0400 e. The summed E-state index contributed by atoms with van der Waals surface area (Å²) >= 11 is 0. The normalized spacial score (nSPS) is 10.9. The van der Waals surface area contributed by atoms with E-state index in [1.807, 2.05) is 0 Å². The zero-order valence-electron chi connectivity index (χ0n) is 11.1. The fraction of sp³-hybridized carbons (Fsp3) is 0.571. The Hall–Kier alpha value is -1.02. The van der Waals surface area contributed by atoms with Crippen molar-refractivity contribution < 1.29 is 0 Å². The summed E-state index contributed by atoms with van der Waals surface area (Å²) in [6, 6.07) is 5.01. The van der Waals surface area contributed by atoms with Crippen molar-refractivity contribution in [2.24, 2.45) is 0 Å². The van der Waals surface area contributed by atoms with Crippen LogP contribution in [-0.2, 0) is 0 Å². The summed E-state index contributed by atoms with van der Waals surface area (Å²) in [6.45, 7) is 12.8. The van der Waals surface area contributed by atoms with E-state index in [-0.39, 0.29) is 0 Å². The number of rotatable bonds is 5. The van der Waals surface area contributed by atoms with Crippen LogP contribution in [0.1, 0.15) is 30.5 Å². The monoisotopic (exact) mass is 220 g/mol. The van der Waals surface area contributed by atoms with E-state index in [4.69, 9.17) is 0 Å². The molecular formula is C14H24N2. The molecule has 0 aromatic heterocycles. The van der Waals surface area contributed by atoms with Gasteiger partial charge >= 0.3 is 0 Å². The van der Waals surface area contributed by atoms with E-state index in [9.17, 15) is 0 Å². The van der Waals surface area contributed by atoms with Crippen molar-refractivity contribution in [1.82, 2.24) is 5.32 Å². The molecule has 0 radical (unpaired) electrons. The van der Waals surface area contributed by atoms with Gasteiger partial charge in [0, 0.05) is 24.8 Å². The van der Waals surface area contributed by atoms with Gasteiger partial charge in [0.05, 0.1) is 0 Å². The highest BCUT2D eigenvalue weighted by Gasteiger charge is 2.02. The molecule has 16 heavy (non-hydrogen) atoms. The Morgan fingerprint density at radius 1 is 1.00 bits per heavy atom. The third-order valence-electron chi connectivity index (χ3n) is 2.66. The number of benzene rings is 1. The van der Waals surface area contributed by atoms with Crippen LogP contribution in [0.15, 0.2) is 12.1 Å². The average Bonchev–Trinajstić information content (AvgIpc) is 2.14. The number of hydrogen-bond donors (Lipinski definition) is 2. The highest BCUT2D eigenvalue weighted by molar-refractivity contribution is 5.58. The fourth-order valence-electron chi connectivity index (χ4n) is 2.01. The standard InChI is InChI=1S/C14H24N2/c1-10(2)15-6-7-16-14-12(4)8-11(3)9-13(14)5/h8-10,15-16H,6-7H2,1-5H3. The molecule has 0 heterocycles. The van der Waals surface area contributed by atoms with E-state index in [1.165, 1.54) is 22.4 Å². The SMILES string of the molecule is Cc1cc(C)c(NCCNC(C)C)c(C)c1. The summed E-state index contributed by atoms with van der Waals surface area (Å²) in [7, 11) is 0. The molecule has 0 aliphatic rings. The van der Waals surface area contributed by atoms with Crippen LogP contribution in [-0.4, -0.2) is 19.1 Å². The van der Waals surface area contributed by atoms with E-state index >= 15 is 0 Å². The number of hydrogen-bond acceptors (Lipinski definition) is 2. The van der Waals surface area contributed by atoms with Gasteiger partial charge in [-0.15, -0.1) is 0 Å². The molecule has 0 atom stereocenters. The minimum absolute atomic E-state index is 0.557. The van der Waals surface area contributed by atoms with Crippen molar-refractivity contribution in [3.05, 3.63) is 28.8 Å². The van der Waals surface area contributed by atoms with Crippen LogP contribution in [0, 0.1) is 20.8 Å². The third kappa shape index (κ3) is 3.86. The molecule has 0 aliphatic carbocycles. The van der Waals surface area contributed by atoms with Gasteiger partial charge in [-0.05, 0) is 31.9 Å². The second-order valence-corrected chi connectivity index (χ2v) is 4.81. The van der Waals surface area contributed by atoms with E-state index < -0.39 is 0 Å². The highest BCUT2D eigenvalue weighted by Crippen LogP contribution is 2.21. The van der Waals surface area contributed by atoms with Gasteiger partial charge < -0.3 is 10.6 Å². The van der Waals surface area contributed by atoms with E-state index in [2.05, 4.69) is 57.4 Å². The first-order valence-corrected chi connectivity index (χ1v) is 6.06. The topological polar surface area (TPSA) is 24.1 Å². The maximum Gasteiger partial charge on any atom is 0.0400 e. The Labute approximate surface area is 99.5 Å². The Kier molecular flexibility index (Phi) is 4.81. The highest BCUT2D eigenvalue weighted by atomic mass is 15.0. The summed E-state index contributed by atoms with van der Waals surface area (Å²) in [5, 5.41) is 6.90. The Balaban J connectivity index is 2.54. The molecule has 0 saturated heterocycles. The quantitative estimate of drug-likeness (QED) is 0.745. The molecule has 0 amide bonds. The van der Waals surface area contributed by atoms with Gasteiger partial charge in [0.25, 0.3) is 0 Å². The Bertz CT molecular complexity index is 320. The number of aryl methyl sites for hydroxylation is 3. The maximum atomic E-state index is 3.50. The van der Waals surface area contributed by atoms with E-state index in [0.717, 1.165) is 13.1 Å². The van der Waals surface area contributed by atoms with Gasteiger partial charge in [-0.25, -0.2) is 0 Å². The molecule has 0 saturated carbocycles. The molecule has 2 nitrogen and oxygen atoms in total. The summed E-state index contributed by atoms with van der Waals surface area (Å²) in [4.78, 5) is 0. The molecule has 0 bridgehead atoms. The molecule has 1 aromatic rings. The summed E-state index contributed by atoms with van der Waals surface area (Å²) in [5.74, 6) is 0. The van der Waals surface area contributed by atoms with Crippen LogP contribution in [0.25, 0.3) is 0 Å². The first-order valence-electron chi connectivity index (χ1n) is 6.06. The van der Waals surface area contributed by atoms with Crippen molar-refractivity contribution in [2.45, 2.75) is 40.7 Å². The predicted octanol–water partition coefficient (Wildman–Crippen LogP) is 3.02. The molecule has 2 heteroatoms. The molecule has 90 valence electrons. The number of anilines is 1. The average molecular weight is 220 g/mol. The van der Waals surface area contributed by atoms with Crippen LogP contribution in [0.3, 0.4) is 0 Å². The van der Waals surface area contributed by atoms with Crippen LogP contribution in [0.5, 0.6) is 0 Å². The minimum Gasteiger partial charge on any atom is -0.383 e. The molecule has 1 aromatic carbocycles. The second kappa shape index (κ2) is 5.90. The molecule has 2 N–H and O–H groups in total. The zero-order chi connectivity index (χ0) is 12.1. The third-order valence-corrected chi connectivity index (χ3v) is 2.66. The first-order chi connectivity index (χ1) is 7.50. The van der Waals surface area contributed by atoms with Crippen LogP contribution < -0.4 is 10.6 Å². The molecular weight excluding hydrogens is 196 g/mol. The molecule has 1 rings (SSSR count). The first kappa shape index (κ1) is 13.0. The van der Waals surface area contributed by atoms with Crippen molar-refractivity contribution in [3.8, 4) is 0 Å². The lowest BCUT2D eigenvalue weighted by atomic mass is 10.1. The van der Waals surface area contributed by atoms with Gasteiger partial charge in [0.15, 0.2) is 0 Å². The second-order valence-electron chi connectivity index (χ2n) is 4.81. The van der Waals surface area contributed by atoms with Gasteiger partial charge in [-0.3, -0.25) is 0 Å². The van der Waals surface area contributed by atoms with Gasteiger partial charge in [-0.1, -0.05) is 31.5 Å². The van der Waals surface area contributed by atoms with Crippen LogP contribution >= 0.6 is 0 Å². The lowest BCUT2D eigenvalue weighted by molar-refractivity contribution is 0.602. The number of nitrogens with one attached hydrogen (secondary N) is 2. The van der Waals surface area contributed by atoms with Crippen molar-refractivity contribution >= 4 is 5.69 Å². The van der Waals surface area contributed by atoms with Gasteiger partial charge in [0.2, 0.25) is 0 Å². The van der Waals surface area contributed by atoms with Crippen LogP contribution in [0.4, 0.5) is 5.69 Å². The van der Waals surface area contributed by atoms with Crippen molar-refractivity contribution in [2.75, 3.05) is 18.4 Å². The lowest BCUT2D eigenvalue weighted by Gasteiger charge is -2.15. The Morgan fingerprint density at radius 2 is 1.56 bits per heavy atom. The Morgan fingerprint density at radius 3 is 2.06 bits per heavy atom. The summed E-state index contributed by atoms with van der Waals surface area (Å²) in [5.41, 5.74) is 5.29. The molecule has 0 spiro atoms. The van der Waals surface area contributed by atoms with Crippen molar-refractivity contribution in [3.63, 3.8) is 0 Å². The largest absolute Gasteiger partial charge is 0.383 e. The summed E-state index contributed by atoms with van der Waals surface area (Å²) in [6.07, 6.45) is 0. The zero-order valence-corrected chi connectivity index (χ0v) is 11.1. The molecule has 0 aliphatic heterocycles. The maximum absolute atomic E-state index is 3.50. The van der Waals surface area contributed by atoms with E-state index in [0.29, 0.717) is 6.04 Å². The molecule has 0 fully saturated rings. The van der Waals surface area contributed by atoms with Crippen LogP contribution in [0.2, 0.25) is 0 Å². The predicted molar refractivity (Wildman–Crippen MR) is 72.3 cm³/mol. The van der Waals surface area contributed by atoms with Gasteiger partial charge in [-0.2, -0.15) is 0 Å². The van der Waals surface area contributed by atoms with E-state index in [1.54, 1.807) is 0 Å². The van der Waals surface area contributed by atoms with Gasteiger partial charge in [0.1, 0.15) is 0 Å². The summed E-state index contributed by atoms with van der Waals surface area (Å²) < 4.78 is 0. The molecule has 0 unspecified atom stereocenters. The lowest BCUT2D eigenvalue weighted by Crippen LogP contribution is -2.28. The minimum atomic E-state index is 0.557.